The molecule has 1 aliphatic heterocycles. The Morgan fingerprint density at radius 1 is 1.40 bits per heavy atom. The molecule has 0 bridgehead atoms. The van der Waals surface area contributed by atoms with E-state index in [0.717, 1.165) is 44.3 Å². The molecule has 3 N–H and O–H groups in total. The van der Waals surface area contributed by atoms with Crippen molar-refractivity contribution in [2.45, 2.75) is 38.3 Å². The highest BCUT2D eigenvalue weighted by Gasteiger charge is 2.29. The molecule has 2 unspecified atom stereocenters. The molecule has 0 aromatic heterocycles. The van der Waals surface area contributed by atoms with E-state index >= 15 is 0 Å². The predicted octanol–water partition coefficient (Wildman–Crippen LogP) is 1.22. The average Bonchev–Trinajstić information content (AvgIpc) is 2.93. The van der Waals surface area contributed by atoms with Gasteiger partial charge in [0.25, 0.3) is 5.91 Å². The quantitative estimate of drug-likeness (QED) is 0.777. The van der Waals surface area contributed by atoms with E-state index in [1.165, 1.54) is 11.1 Å². The number of rotatable bonds is 3. The van der Waals surface area contributed by atoms with E-state index in [4.69, 9.17) is 0 Å². The van der Waals surface area contributed by atoms with Gasteiger partial charge in [0.15, 0.2) is 0 Å². The van der Waals surface area contributed by atoms with Crippen LogP contribution in [0.1, 0.15) is 40.7 Å². The summed E-state index contributed by atoms with van der Waals surface area (Å²) in [6.45, 7) is 1.95. The summed E-state index contributed by atoms with van der Waals surface area (Å²) in [6, 6.07) is 6.09. The predicted molar refractivity (Wildman–Crippen MR) is 77.5 cm³/mol. The Balaban J connectivity index is 1.77. The Morgan fingerprint density at radius 3 is 3.15 bits per heavy atom. The van der Waals surface area contributed by atoms with Crippen LogP contribution in [0.25, 0.3) is 0 Å². The number of fused-ring (bicyclic) bond motifs is 1. The van der Waals surface area contributed by atoms with Gasteiger partial charge in [-0.3, -0.25) is 4.79 Å². The van der Waals surface area contributed by atoms with Crippen molar-refractivity contribution >= 4 is 5.91 Å². The van der Waals surface area contributed by atoms with Crippen molar-refractivity contribution in [3.63, 3.8) is 0 Å². The lowest BCUT2D eigenvalue weighted by molar-refractivity contribution is 0.0915. The summed E-state index contributed by atoms with van der Waals surface area (Å²) in [6.07, 6.45) is 3.99. The first kappa shape index (κ1) is 13.6. The molecule has 0 saturated heterocycles. The van der Waals surface area contributed by atoms with Gasteiger partial charge >= 0.3 is 0 Å². The lowest BCUT2D eigenvalue weighted by Gasteiger charge is -2.23. The highest BCUT2D eigenvalue weighted by atomic mass is 16.3. The minimum absolute atomic E-state index is 0.0223. The van der Waals surface area contributed by atoms with Crippen LogP contribution in [0.15, 0.2) is 18.2 Å². The number of hydrogen-bond donors (Lipinski definition) is 3. The first-order chi connectivity index (χ1) is 9.79. The maximum atomic E-state index is 12.5. The lowest BCUT2D eigenvalue weighted by atomic mass is 9.94. The van der Waals surface area contributed by atoms with Crippen LogP contribution in [0.4, 0.5) is 0 Å². The topological polar surface area (TPSA) is 61.4 Å². The van der Waals surface area contributed by atoms with Gasteiger partial charge in [0.05, 0.1) is 0 Å². The van der Waals surface area contributed by atoms with Gasteiger partial charge in [-0.15, -0.1) is 0 Å². The molecular formula is C16H22N2O2. The van der Waals surface area contributed by atoms with Gasteiger partial charge in [0.2, 0.25) is 0 Å². The number of aliphatic hydroxyl groups excluding tert-OH is 1. The molecular weight excluding hydrogens is 252 g/mol. The third kappa shape index (κ3) is 2.58. The molecule has 4 heteroatoms. The molecule has 20 heavy (non-hydrogen) atoms. The van der Waals surface area contributed by atoms with Crippen molar-refractivity contribution in [2.24, 2.45) is 5.92 Å². The highest BCUT2D eigenvalue weighted by Crippen LogP contribution is 2.26. The van der Waals surface area contributed by atoms with E-state index in [9.17, 15) is 9.90 Å². The van der Waals surface area contributed by atoms with Crippen LogP contribution < -0.4 is 10.6 Å². The number of carbonyl (C=O) groups is 1. The van der Waals surface area contributed by atoms with E-state index in [2.05, 4.69) is 16.7 Å². The molecule has 1 fully saturated rings. The van der Waals surface area contributed by atoms with Crippen molar-refractivity contribution in [1.29, 1.82) is 0 Å². The number of nitrogens with one attached hydrogen (secondary N) is 2. The van der Waals surface area contributed by atoms with E-state index in [1.54, 1.807) is 0 Å². The number of aliphatic hydroxyl groups is 1. The van der Waals surface area contributed by atoms with Crippen molar-refractivity contribution in [1.82, 2.24) is 10.6 Å². The van der Waals surface area contributed by atoms with Crippen molar-refractivity contribution < 1.29 is 9.90 Å². The van der Waals surface area contributed by atoms with Crippen LogP contribution in [0, 0.1) is 5.92 Å². The minimum Gasteiger partial charge on any atom is -0.396 e. The van der Waals surface area contributed by atoms with Crippen LogP contribution in [-0.4, -0.2) is 30.2 Å². The largest absolute Gasteiger partial charge is 0.396 e. The zero-order valence-electron chi connectivity index (χ0n) is 11.7. The molecule has 2 aliphatic rings. The van der Waals surface area contributed by atoms with Crippen LogP contribution in [-0.2, 0) is 13.0 Å². The monoisotopic (exact) mass is 274 g/mol. The Hall–Kier alpha value is -1.39. The van der Waals surface area contributed by atoms with Crippen molar-refractivity contribution in [3.05, 3.63) is 34.9 Å². The molecule has 1 aromatic carbocycles. The number of amides is 1. The number of hydrogen-bond acceptors (Lipinski definition) is 3. The van der Waals surface area contributed by atoms with Crippen LogP contribution in [0.3, 0.4) is 0 Å². The fourth-order valence-corrected chi connectivity index (χ4v) is 3.44. The first-order valence-corrected chi connectivity index (χ1v) is 7.53. The first-order valence-electron chi connectivity index (χ1n) is 7.53. The fourth-order valence-electron chi connectivity index (χ4n) is 3.44. The summed E-state index contributed by atoms with van der Waals surface area (Å²) >= 11 is 0. The second-order valence-electron chi connectivity index (χ2n) is 5.82. The van der Waals surface area contributed by atoms with Gasteiger partial charge in [0, 0.05) is 30.7 Å². The molecule has 1 aliphatic carbocycles. The van der Waals surface area contributed by atoms with Gasteiger partial charge in [-0.05, 0) is 43.0 Å². The SMILES string of the molecule is O=C(NC1CCCC1CO)c1cccc2c1CCNC2. The van der Waals surface area contributed by atoms with Crippen molar-refractivity contribution in [2.75, 3.05) is 13.2 Å². The van der Waals surface area contributed by atoms with Crippen molar-refractivity contribution in [3.8, 4) is 0 Å². The third-order valence-corrected chi connectivity index (χ3v) is 4.59. The molecule has 108 valence electrons. The van der Waals surface area contributed by atoms with E-state index < -0.39 is 0 Å². The maximum absolute atomic E-state index is 12.5. The molecule has 2 atom stereocenters. The summed E-state index contributed by atoms with van der Waals surface area (Å²) in [4.78, 5) is 12.5. The standard InChI is InChI=1S/C16H22N2O2/c19-10-12-4-2-6-15(12)18-16(20)14-5-1-3-11-9-17-8-7-13(11)14/h1,3,5,12,15,17,19H,2,4,6-10H2,(H,18,20). The summed E-state index contributed by atoms with van der Waals surface area (Å²) < 4.78 is 0. The van der Waals surface area contributed by atoms with Gasteiger partial charge in [0.1, 0.15) is 0 Å². The van der Waals surface area contributed by atoms with E-state index in [-0.39, 0.29) is 24.5 Å². The van der Waals surface area contributed by atoms with Gasteiger partial charge in [-0.2, -0.15) is 0 Å². The second kappa shape index (κ2) is 5.94. The summed E-state index contributed by atoms with van der Waals surface area (Å²) in [5.74, 6) is 0.245. The zero-order chi connectivity index (χ0) is 13.9. The summed E-state index contributed by atoms with van der Waals surface area (Å²) in [5.41, 5.74) is 3.23. The summed E-state index contributed by atoms with van der Waals surface area (Å²) in [7, 11) is 0. The molecule has 0 radical (unpaired) electrons. The normalized spacial score (nSPS) is 25.2. The Kier molecular flexibility index (Phi) is 4.03. The minimum atomic E-state index is 0.0223. The second-order valence-corrected chi connectivity index (χ2v) is 5.82. The third-order valence-electron chi connectivity index (χ3n) is 4.59. The molecule has 1 saturated carbocycles. The van der Waals surface area contributed by atoms with Gasteiger partial charge < -0.3 is 15.7 Å². The average molecular weight is 274 g/mol. The number of carbonyl (C=O) groups excluding carboxylic acids is 1. The van der Waals surface area contributed by atoms with Gasteiger partial charge in [-0.25, -0.2) is 0 Å². The van der Waals surface area contributed by atoms with Gasteiger partial charge in [-0.1, -0.05) is 18.6 Å². The molecule has 0 spiro atoms. The fraction of sp³-hybridized carbons (Fsp3) is 0.562. The molecule has 4 nitrogen and oxygen atoms in total. The smallest absolute Gasteiger partial charge is 0.251 e. The van der Waals surface area contributed by atoms with Crippen LogP contribution >= 0.6 is 0 Å². The molecule has 1 aromatic rings. The lowest BCUT2D eigenvalue weighted by Crippen LogP contribution is -2.39. The van der Waals surface area contributed by atoms with E-state index in [0.29, 0.717) is 0 Å². The Labute approximate surface area is 119 Å². The Bertz CT molecular complexity index is 501. The molecule has 1 heterocycles. The highest BCUT2D eigenvalue weighted by molar-refractivity contribution is 5.96. The van der Waals surface area contributed by atoms with Crippen LogP contribution in [0.2, 0.25) is 0 Å². The van der Waals surface area contributed by atoms with E-state index in [1.807, 2.05) is 12.1 Å². The van der Waals surface area contributed by atoms with Crippen LogP contribution in [0.5, 0.6) is 0 Å². The maximum Gasteiger partial charge on any atom is 0.251 e. The zero-order valence-corrected chi connectivity index (χ0v) is 11.7. The molecule has 1 amide bonds. The summed E-state index contributed by atoms with van der Waals surface area (Å²) in [5, 5.41) is 15.8. The Morgan fingerprint density at radius 2 is 2.30 bits per heavy atom. The molecule has 3 rings (SSSR count). The number of benzene rings is 1.